The third-order valence-corrected chi connectivity index (χ3v) is 4.85. The molecule has 1 unspecified atom stereocenters. The highest BCUT2D eigenvalue weighted by Crippen LogP contribution is 2.24. The highest BCUT2D eigenvalue weighted by molar-refractivity contribution is 7.92. The maximum atomic E-state index is 13.7. The first kappa shape index (κ1) is 19.6. The molecule has 0 spiro atoms. The molecule has 26 heavy (non-hydrogen) atoms. The molecule has 0 saturated heterocycles. The van der Waals surface area contributed by atoms with E-state index in [0.717, 1.165) is 22.7 Å². The first-order valence-corrected chi connectivity index (χ1v) is 9.37. The van der Waals surface area contributed by atoms with Gasteiger partial charge < -0.3 is 10.1 Å². The van der Waals surface area contributed by atoms with Crippen molar-refractivity contribution in [1.82, 2.24) is 0 Å². The highest BCUT2D eigenvalue weighted by atomic mass is 32.2. The standard InChI is InChI=1S/C17H18F2N2O4S/c1-11(17(22)20-16-9-4-12(18)10-15(16)19)21(26(3,23)24)13-5-7-14(25-2)8-6-13/h4-11H,1-3H3,(H,20,22). The third-order valence-electron chi connectivity index (χ3n) is 3.60. The molecule has 0 aliphatic heterocycles. The number of nitrogens with one attached hydrogen (secondary N) is 1. The van der Waals surface area contributed by atoms with Crippen molar-refractivity contribution in [2.45, 2.75) is 13.0 Å². The molecule has 140 valence electrons. The fraction of sp³-hybridized carbons (Fsp3) is 0.235. The molecule has 6 nitrogen and oxygen atoms in total. The van der Waals surface area contributed by atoms with Gasteiger partial charge in [0.25, 0.3) is 0 Å². The van der Waals surface area contributed by atoms with E-state index in [1.165, 1.54) is 26.2 Å². The lowest BCUT2D eigenvalue weighted by Crippen LogP contribution is -2.45. The fourth-order valence-electron chi connectivity index (χ4n) is 2.37. The molecule has 0 fully saturated rings. The number of ether oxygens (including phenoxy) is 1. The summed E-state index contributed by atoms with van der Waals surface area (Å²) in [5, 5.41) is 2.27. The van der Waals surface area contributed by atoms with Crippen molar-refractivity contribution in [2.75, 3.05) is 23.0 Å². The van der Waals surface area contributed by atoms with E-state index in [1.807, 2.05) is 0 Å². The summed E-state index contributed by atoms with van der Waals surface area (Å²) in [4.78, 5) is 12.4. The number of nitrogens with zero attached hydrogens (tertiary/aromatic N) is 1. The topological polar surface area (TPSA) is 75.7 Å². The molecule has 0 heterocycles. The Morgan fingerprint density at radius 3 is 2.27 bits per heavy atom. The number of sulfonamides is 1. The van der Waals surface area contributed by atoms with Crippen LogP contribution < -0.4 is 14.4 Å². The van der Waals surface area contributed by atoms with Crippen molar-refractivity contribution >= 4 is 27.3 Å². The van der Waals surface area contributed by atoms with E-state index in [1.54, 1.807) is 12.1 Å². The van der Waals surface area contributed by atoms with Gasteiger partial charge in [-0.3, -0.25) is 9.10 Å². The van der Waals surface area contributed by atoms with Crippen LogP contribution in [0.3, 0.4) is 0 Å². The second-order valence-electron chi connectivity index (χ2n) is 5.55. The number of benzene rings is 2. The maximum Gasteiger partial charge on any atom is 0.248 e. The molecular formula is C17H18F2N2O4S. The predicted octanol–water partition coefficient (Wildman–Crippen LogP) is 2.77. The summed E-state index contributed by atoms with van der Waals surface area (Å²) in [6.45, 7) is 1.36. The van der Waals surface area contributed by atoms with Gasteiger partial charge in [-0.25, -0.2) is 17.2 Å². The second-order valence-corrected chi connectivity index (χ2v) is 7.41. The summed E-state index contributed by atoms with van der Waals surface area (Å²) in [7, 11) is -2.34. The average molecular weight is 384 g/mol. The molecule has 2 rings (SSSR count). The minimum Gasteiger partial charge on any atom is -0.497 e. The molecule has 0 bridgehead atoms. The Balaban J connectivity index is 2.30. The predicted molar refractivity (Wildman–Crippen MR) is 94.8 cm³/mol. The molecular weight excluding hydrogens is 366 g/mol. The van der Waals surface area contributed by atoms with E-state index in [0.29, 0.717) is 11.8 Å². The van der Waals surface area contributed by atoms with Crippen LogP contribution in [0.4, 0.5) is 20.2 Å². The Kier molecular flexibility index (Phi) is 5.81. The van der Waals surface area contributed by atoms with Gasteiger partial charge in [0.05, 0.1) is 24.7 Å². The van der Waals surface area contributed by atoms with Gasteiger partial charge in [0.2, 0.25) is 15.9 Å². The van der Waals surface area contributed by atoms with Crippen molar-refractivity contribution in [3.63, 3.8) is 0 Å². The van der Waals surface area contributed by atoms with Crippen molar-refractivity contribution in [3.05, 3.63) is 54.1 Å². The Labute approximate surface area is 150 Å². The van der Waals surface area contributed by atoms with Crippen molar-refractivity contribution in [3.8, 4) is 5.75 Å². The highest BCUT2D eigenvalue weighted by Gasteiger charge is 2.29. The van der Waals surface area contributed by atoms with Gasteiger partial charge >= 0.3 is 0 Å². The Morgan fingerprint density at radius 2 is 1.77 bits per heavy atom. The van der Waals surface area contributed by atoms with Crippen molar-refractivity contribution < 1.29 is 26.7 Å². The average Bonchev–Trinajstić information content (AvgIpc) is 2.56. The van der Waals surface area contributed by atoms with E-state index >= 15 is 0 Å². The molecule has 0 radical (unpaired) electrons. The molecule has 0 saturated carbocycles. The monoisotopic (exact) mass is 384 g/mol. The van der Waals surface area contributed by atoms with Crippen molar-refractivity contribution in [2.24, 2.45) is 0 Å². The number of carbonyl (C=O) groups is 1. The molecule has 2 aromatic rings. The number of amides is 1. The summed E-state index contributed by atoms with van der Waals surface area (Å²) in [5.41, 5.74) is 0.00181. The summed E-state index contributed by atoms with van der Waals surface area (Å²) in [6, 6.07) is 7.58. The summed E-state index contributed by atoms with van der Waals surface area (Å²) in [5.74, 6) is -1.99. The van der Waals surface area contributed by atoms with Crippen LogP contribution >= 0.6 is 0 Å². The fourth-order valence-corrected chi connectivity index (χ4v) is 3.54. The number of carbonyl (C=O) groups excluding carboxylic acids is 1. The van der Waals surface area contributed by atoms with Gasteiger partial charge in [-0.1, -0.05) is 0 Å². The van der Waals surface area contributed by atoms with Gasteiger partial charge in [0.15, 0.2) is 0 Å². The van der Waals surface area contributed by atoms with E-state index in [-0.39, 0.29) is 11.4 Å². The molecule has 9 heteroatoms. The first-order chi connectivity index (χ1) is 12.1. The lowest BCUT2D eigenvalue weighted by atomic mass is 10.2. The van der Waals surface area contributed by atoms with Gasteiger partial charge in [-0.15, -0.1) is 0 Å². The second kappa shape index (κ2) is 7.69. The van der Waals surface area contributed by atoms with Crippen LogP contribution in [0, 0.1) is 11.6 Å². The van der Waals surface area contributed by atoms with Crippen LogP contribution in [0.5, 0.6) is 5.75 Å². The Morgan fingerprint density at radius 1 is 1.15 bits per heavy atom. The van der Waals surface area contributed by atoms with Crippen LogP contribution in [0.15, 0.2) is 42.5 Å². The van der Waals surface area contributed by atoms with Gasteiger partial charge in [0, 0.05) is 6.07 Å². The molecule has 1 N–H and O–H groups in total. The van der Waals surface area contributed by atoms with Crippen LogP contribution in [-0.4, -0.2) is 33.7 Å². The molecule has 1 amide bonds. The van der Waals surface area contributed by atoms with Crippen LogP contribution in [0.2, 0.25) is 0 Å². The SMILES string of the molecule is COc1ccc(N(C(C)C(=O)Nc2ccc(F)cc2F)S(C)(=O)=O)cc1. The summed E-state index contributed by atoms with van der Waals surface area (Å²) in [6.07, 6.45) is 0.958. The van der Waals surface area contributed by atoms with Crippen LogP contribution in [0.1, 0.15) is 6.92 Å². The first-order valence-electron chi connectivity index (χ1n) is 7.53. The quantitative estimate of drug-likeness (QED) is 0.831. The zero-order valence-corrected chi connectivity index (χ0v) is 15.2. The van der Waals surface area contributed by atoms with E-state index in [2.05, 4.69) is 5.32 Å². The number of methoxy groups -OCH3 is 1. The molecule has 1 atom stereocenters. The van der Waals surface area contributed by atoms with Crippen LogP contribution in [-0.2, 0) is 14.8 Å². The van der Waals surface area contributed by atoms with Gasteiger partial charge in [-0.05, 0) is 43.3 Å². The third kappa shape index (κ3) is 4.48. The number of halogens is 2. The lowest BCUT2D eigenvalue weighted by molar-refractivity contribution is -0.116. The Bertz CT molecular complexity index is 901. The van der Waals surface area contributed by atoms with E-state index < -0.39 is 33.6 Å². The molecule has 0 aliphatic rings. The minimum absolute atomic E-state index is 0.244. The summed E-state index contributed by atoms with van der Waals surface area (Å²) >= 11 is 0. The largest absolute Gasteiger partial charge is 0.497 e. The van der Waals surface area contributed by atoms with Crippen molar-refractivity contribution in [1.29, 1.82) is 0 Å². The van der Waals surface area contributed by atoms with Gasteiger partial charge in [-0.2, -0.15) is 0 Å². The van der Waals surface area contributed by atoms with Crippen LogP contribution in [0.25, 0.3) is 0 Å². The molecule has 0 aliphatic carbocycles. The zero-order valence-electron chi connectivity index (χ0n) is 14.4. The number of rotatable bonds is 6. The molecule has 2 aromatic carbocycles. The number of hydrogen-bond donors (Lipinski definition) is 1. The van der Waals surface area contributed by atoms with E-state index in [9.17, 15) is 22.0 Å². The number of hydrogen-bond acceptors (Lipinski definition) is 4. The number of anilines is 2. The minimum atomic E-state index is -3.81. The Hall–Kier alpha value is -2.68. The lowest BCUT2D eigenvalue weighted by Gasteiger charge is -2.28. The smallest absolute Gasteiger partial charge is 0.248 e. The van der Waals surface area contributed by atoms with E-state index in [4.69, 9.17) is 4.74 Å². The van der Waals surface area contributed by atoms with Gasteiger partial charge in [0.1, 0.15) is 23.4 Å². The summed E-state index contributed by atoms with van der Waals surface area (Å²) < 4.78 is 57.0. The maximum absolute atomic E-state index is 13.7. The molecule has 0 aromatic heterocycles. The normalized spacial score (nSPS) is 12.3. The zero-order chi connectivity index (χ0) is 19.5.